The van der Waals surface area contributed by atoms with Crippen molar-refractivity contribution in [3.63, 3.8) is 0 Å². The van der Waals surface area contributed by atoms with Crippen molar-refractivity contribution in [2.24, 2.45) is 0 Å². The molecule has 1 fully saturated rings. The summed E-state index contributed by atoms with van der Waals surface area (Å²) in [5, 5.41) is 0. The van der Waals surface area contributed by atoms with Gasteiger partial charge in [-0.25, -0.2) is 22.8 Å². The normalized spacial score (nSPS) is 14.3. The number of halogens is 1. The van der Waals surface area contributed by atoms with Gasteiger partial charge >= 0.3 is 0 Å². The van der Waals surface area contributed by atoms with Gasteiger partial charge < -0.3 is 14.2 Å². The number of nitrogens with zero attached hydrogens (tertiary/aromatic N) is 4. The van der Waals surface area contributed by atoms with Crippen LogP contribution in [0.5, 0.6) is 11.6 Å². The van der Waals surface area contributed by atoms with Gasteiger partial charge in [0.1, 0.15) is 23.8 Å². The van der Waals surface area contributed by atoms with Gasteiger partial charge in [-0.15, -0.1) is 0 Å². The maximum Gasteiger partial charge on any atom is 0.300 e. The highest BCUT2D eigenvalue weighted by atomic mass is 32.2. The molecule has 0 unspecified atom stereocenters. The Bertz CT molecular complexity index is 1710. The molecule has 5 rings (SSSR count). The minimum absolute atomic E-state index is 0.0441. The van der Waals surface area contributed by atoms with E-state index in [1.54, 1.807) is 24.4 Å². The van der Waals surface area contributed by atoms with Gasteiger partial charge in [-0.2, -0.15) is 0 Å². The first kappa shape index (κ1) is 27.5. The van der Waals surface area contributed by atoms with Crippen LogP contribution in [0.4, 0.5) is 10.1 Å². The van der Waals surface area contributed by atoms with Crippen molar-refractivity contribution in [3.05, 3.63) is 76.7 Å². The number of sulfonamides is 1. The molecule has 0 aliphatic carbocycles. The van der Waals surface area contributed by atoms with Gasteiger partial charge in [-0.05, 0) is 48.9 Å². The highest BCUT2D eigenvalue weighted by molar-refractivity contribution is 7.92. The van der Waals surface area contributed by atoms with Crippen LogP contribution >= 0.6 is 0 Å². The smallest absolute Gasteiger partial charge is 0.300 e. The monoisotopic (exact) mass is 569 g/mol. The zero-order chi connectivity index (χ0) is 28.3. The second kappa shape index (κ2) is 11.6. The van der Waals surface area contributed by atoms with Crippen LogP contribution in [0.15, 0.2) is 64.7 Å². The molecule has 1 aromatic carbocycles. The van der Waals surface area contributed by atoms with Crippen LogP contribution in [0.25, 0.3) is 16.8 Å². The summed E-state index contributed by atoms with van der Waals surface area (Å²) in [6.07, 6.45) is 4.50. The lowest BCUT2D eigenvalue weighted by Gasteiger charge is -2.26. The lowest BCUT2D eigenvalue weighted by Crippen LogP contribution is -2.38. The molecule has 3 aromatic heterocycles. The Hall–Kier alpha value is -4.07. The Morgan fingerprint density at radius 2 is 1.88 bits per heavy atom. The number of morpholine rings is 1. The molecule has 0 radical (unpaired) electrons. The molecule has 1 aliphatic rings. The average Bonchev–Trinajstić information content (AvgIpc) is 2.94. The molecule has 0 atom stereocenters. The number of methoxy groups -OCH3 is 1. The van der Waals surface area contributed by atoms with E-state index >= 15 is 0 Å². The van der Waals surface area contributed by atoms with E-state index < -0.39 is 15.8 Å². The zero-order valence-corrected chi connectivity index (χ0v) is 22.8. The number of nitrogens with one attached hydrogen (secondary N) is 1. The van der Waals surface area contributed by atoms with Gasteiger partial charge in [-0.1, -0.05) is 0 Å². The number of pyridine rings is 2. The van der Waals surface area contributed by atoms with E-state index in [4.69, 9.17) is 14.2 Å². The van der Waals surface area contributed by atoms with Gasteiger partial charge in [0, 0.05) is 43.2 Å². The number of benzene rings is 1. The van der Waals surface area contributed by atoms with Crippen LogP contribution < -0.4 is 19.8 Å². The van der Waals surface area contributed by atoms with Crippen molar-refractivity contribution >= 4 is 21.4 Å². The van der Waals surface area contributed by atoms with Crippen molar-refractivity contribution in [1.29, 1.82) is 0 Å². The fourth-order valence-corrected chi connectivity index (χ4v) is 5.67. The van der Waals surface area contributed by atoms with Crippen molar-refractivity contribution in [3.8, 4) is 22.8 Å². The molecule has 11 nitrogen and oxygen atoms in total. The second-order valence-corrected chi connectivity index (χ2v) is 10.8. The Balaban J connectivity index is 1.42. The number of aryl methyl sites for hydroxylation is 1. The van der Waals surface area contributed by atoms with Gasteiger partial charge in [0.2, 0.25) is 11.6 Å². The lowest BCUT2D eigenvalue weighted by molar-refractivity contribution is 0.0321. The first-order chi connectivity index (χ1) is 19.2. The fraction of sp³-hybridized carbons (Fsp3) is 0.296. The van der Waals surface area contributed by atoms with Gasteiger partial charge in [-0.3, -0.25) is 18.8 Å². The second-order valence-electron chi connectivity index (χ2n) is 9.17. The fourth-order valence-electron chi connectivity index (χ4n) is 4.40. The van der Waals surface area contributed by atoms with E-state index in [2.05, 4.69) is 19.6 Å². The van der Waals surface area contributed by atoms with Crippen molar-refractivity contribution in [1.82, 2.24) is 19.3 Å². The molecule has 0 saturated carbocycles. The Kier molecular flexibility index (Phi) is 7.96. The van der Waals surface area contributed by atoms with Crippen LogP contribution in [-0.4, -0.2) is 74.3 Å². The summed E-state index contributed by atoms with van der Waals surface area (Å²) in [6, 6.07) is 8.37. The van der Waals surface area contributed by atoms with E-state index in [1.807, 2.05) is 0 Å². The average molecular weight is 570 g/mol. The molecular weight excluding hydrogens is 541 g/mol. The summed E-state index contributed by atoms with van der Waals surface area (Å²) in [4.78, 5) is 23.9. The first-order valence-electron chi connectivity index (χ1n) is 12.5. The Morgan fingerprint density at radius 3 is 2.62 bits per heavy atom. The molecule has 1 aliphatic heterocycles. The van der Waals surface area contributed by atoms with E-state index in [1.165, 1.54) is 36.9 Å². The zero-order valence-electron chi connectivity index (χ0n) is 22.0. The molecule has 13 heteroatoms. The SMILES string of the molecule is COc1ncc(-c2ccc3ncc(OCCN4CCOCC4)c(=O)n3c2)cc1NS(=O)(=O)c1ccc(F)cc1C. The summed E-state index contributed by atoms with van der Waals surface area (Å²) in [7, 11) is -2.72. The van der Waals surface area contributed by atoms with Crippen molar-refractivity contribution in [2.75, 3.05) is 51.3 Å². The number of rotatable bonds is 9. The van der Waals surface area contributed by atoms with E-state index in [9.17, 15) is 17.6 Å². The quantitative estimate of drug-likeness (QED) is 0.324. The topological polar surface area (TPSA) is 124 Å². The predicted molar refractivity (Wildman–Crippen MR) is 146 cm³/mol. The van der Waals surface area contributed by atoms with Crippen LogP contribution in [0.3, 0.4) is 0 Å². The third-order valence-electron chi connectivity index (χ3n) is 6.49. The molecule has 1 N–H and O–H groups in total. The maximum absolute atomic E-state index is 13.5. The number of anilines is 1. The highest BCUT2D eigenvalue weighted by Crippen LogP contribution is 2.31. The molecule has 4 aromatic rings. The molecule has 0 amide bonds. The van der Waals surface area contributed by atoms with Crippen molar-refractivity contribution in [2.45, 2.75) is 11.8 Å². The van der Waals surface area contributed by atoms with E-state index in [0.717, 1.165) is 25.2 Å². The third-order valence-corrected chi connectivity index (χ3v) is 8.01. The minimum atomic E-state index is -4.09. The van der Waals surface area contributed by atoms with Gasteiger partial charge in [0.25, 0.3) is 15.6 Å². The molecule has 210 valence electrons. The molecular formula is C27H28FN5O6S. The molecule has 0 spiro atoms. The first-order valence-corrected chi connectivity index (χ1v) is 14.0. The van der Waals surface area contributed by atoms with Crippen LogP contribution in [0.2, 0.25) is 0 Å². The van der Waals surface area contributed by atoms with Crippen molar-refractivity contribution < 1.29 is 27.0 Å². The summed E-state index contributed by atoms with van der Waals surface area (Å²) in [5.74, 6) is -0.370. The minimum Gasteiger partial charge on any atom is -0.485 e. The Morgan fingerprint density at radius 1 is 1.07 bits per heavy atom. The summed E-state index contributed by atoms with van der Waals surface area (Å²) in [5.41, 5.74) is 1.47. The summed E-state index contributed by atoms with van der Waals surface area (Å²) < 4.78 is 60.0. The van der Waals surface area contributed by atoms with E-state index in [-0.39, 0.29) is 33.3 Å². The van der Waals surface area contributed by atoms with Gasteiger partial charge in [0.05, 0.1) is 31.4 Å². The Labute approximate surface area is 230 Å². The number of aromatic nitrogens is 3. The van der Waals surface area contributed by atoms with Crippen LogP contribution in [0, 0.1) is 12.7 Å². The number of hydrogen-bond acceptors (Lipinski definition) is 9. The maximum atomic E-state index is 13.5. The van der Waals surface area contributed by atoms with E-state index in [0.29, 0.717) is 43.1 Å². The molecule has 1 saturated heterocycles. The highest BCUT2D eigenvalue weighted by Gasteiger charge is 2.21. The predicted octanol–water partition coefficient (Wildman–Crippen LogP) is 2.72. The lowest BCUT2D eigenvalue weighted by atomic mass is 10.1. The van der Waals surface area contributed by atoms with Gasteiger partial charge in [0.15, 0.2) is 0 Å². The third kappa shape index (κ3) is 5.91. The summed E-state index contributed by atoms with van der Waals surface area (Å²) >= 11 is 0. The van der Waals surface area contributed by atoms with Crippen LogP contribution in [0.1, 0.15) is 5.56 Å². The number of ether oxygens (including phenoxy) is 3. The number of fused-ring (bicyclic) bond motifs is 1. The number of hydrogen-bond donors (Lipinski definition) is 1. The molecule has 40 heavy (non-hydrogen) atoms. The van der Waals surface area contributed by atoms with Crippen LogP contribution in [-0.2, 0) is 14.8 Å². The molecule has 4 heterocycles. The summed E-state index contributed by atoms with van der Waals surface area (Å²) in [6.45, 7) is 5.50. The largest absolute Gasteiger partial charge is 0.485 e. The molecule has 0 bridgehead atoms. The standard InChI is InChI=1S/C27H28FN5O6S/c1-18-13-21(28)4-5-24(18)40(35,36)31-22-14-20(15-30-26(22)37-2)19-3-6-25-29-16-23(27(34)33(25)17-19)39-12-9-32-7-10-38-11-8-32/h3-6,13-17,31H,7-12H2,1-2H3.